The third kappa shape index (κ3) is 3.10. The monoisotopic (exact) mass is 341 g/mol. The summed E-state index contributed by atoms with van der Waals surface area (Å²) in [5, 5.41) is 5.32. The Kier molecular flexibility index (Phi) is 4.37. The van der Waals surface area contributed by atoms with Crippen molar-refractivity contribution < 1.29 is 4.79 Å². The summed E-state index contributed by atoms with van der Waals surface area (Å²) in [5.41, 5.74) is 10.6. The number of benzene rings is 1. The van der Waals surface area contributed by atoms with Gasteiger partial charge in [0, 0.05) is 28.6 Å². The number of aromatic nitrogens is 1. The maximum absolute atomic E-state index is 12.8. The normalized spacial score (nSPS) is 29.2. The first kappa shape index (κ1) is 15.8. The van der Waals surface area contributed by atoms with Crippen molar-refractivity contribution in [3.8, 4) is 11.3 Å². The minimum absolute atomic E-state index is 0.0319. The van der Waals surface area contributed by atoms with Gasteiger partial charge in [-0.3, -0.25) is 4.79 Å². The van der Waals surface area contributed by atoms with E-state index >= 15 is 0 Å². The van der Waals surface area contributed by atoms with Crippen LogP contribution in [0.5, 0.6) is 0 Å². The van der Waals surface area contributed by atoms with Gasteiger partial charge in [0.25, 0.3) is 5.91 Å². The number of fused-ring (bicyclic) bond motifs is 2. The van der Waals surface area contributed by atoms with Crippen LogP contribution in [0.15, 0.2) is 35.2 Å². The van der Waals surface area contributed by atoms with E-state index in [1.165, 1.54) is 19.3 Å². The van der Waals surface area contributed by atoms with Gasteiger partial charge in [0.05, 0.1) is 11.2 Å². The number of hydrogen-bond donors (Lipinski definition) is 2. The Morgan fingerprint density at radius 2 is 2.04 bits per heavy atom. The van der Waals surface area contributed by atoms with Crippen LogP contribution < -0.4 is 11.1 Å². The van der Waals surface area contributed by atoms with Gasteiger partial charge in [-0.1, -0.05) is 18.6 Å². The number of carbonyl (C=O) groups is 1. The van der Waals surface area contributed by atoms with Gasteiger partial charge in [0.15, 0.2) is 0 Å². The molecule has 0 aliphatic heterocycles. The SMILES string of the molecule is NC1CC2CCCC(C1)C2NC(=O)c1cccc(-c2cscn2)c1. The second kappa shape index (κ2) is 6.65. The summed E-state index contributed by atoms with van der Waals surface area (Å²) in [6.45, 7) is 0. The van der Waals surface area contributed by atoms with Crippen molar-refractivity contribution in [1.82, 2.24) is 10.3 Å². The number of hydrogen-bond acceptors (Lipinski definition) is 4. The molecule has 0 spiro atoms. The van der Waals surface area contributed by atoms with Crippen molar-refractivity contribution in [2.45, 2.75) is 44.2 Å². The van der Waals surface area contributed by atoms with Crippen LogP contribution in [0.4, 0.5) is 0 Å². The Bertz CT molecular complexity index is 701. The van der Waals surface area contributed by atoms with Gasteiger partial charge >= 0.3 is 0 Å². The molecule has 5 heteroatoms. The Hall–Kier alpha value is -1.72. The van der Waals surface area contributed by atoms with Gasteiger partial charge in [-0.2, -0.15) is 0 Å². The second-order valence-corrected chi connectivity index (χ2v) is 7.85. The minimum atomic E-state index is 0.0319. The number of thiazole rings is 1. The molecule has 1 aromatic carbocycles. The van der Waals surface area contributed by atoms with Crippen LogP contribution in [0.25, 0.3) is 11.3 Å². The minimum Gasteiger partial charge on any atom is -0.349 e. The van der Waals surface area contributed by atoms with Crippen LogP contribution in [0.2, 0.25) is 0 Å². The molecular weight excluding hydrogens is 318 g/mol. The standard InChI is InChI=1S/C19H23N3OS/c20-16-8-13-4-2-5-14(9-16)18(13)22-19(23)15-6-1-3-12(7-15)17-10-24-11-21-17/h1,3,6-7,10-11,13-14,16,18H,2,4-5,8-9,20H2,(H,22,23). The highest BCUT2D eigenvalue weighted by Crippen LogP contribution is 2.39. The van der Waals surface area contributed by atoms with Gasteiger partial charge in [-0.15, -0.1) is 11.3 Å². The molecule has 2 saturated carbocycles. The van der Waals surface area contributed by atoms with Crippen LogP contribution in [-0.2, 0) is 0 Å². The van der Waals surface area contributed by atoms with Crippen molar-refractivity contribution >= 4 is 17.2 Å². The molecule has 2 aliphatic carbocycles. The first-order chi connectivity index (χ1) is 11.7. The number of nitrogens with two attached hydrogens (primary N) is 1. The van der Waals surface area contributed by atoms with Gasteiger partial charge in [0.1, 0.15) is 0 Å². The first-order valence-electron chi connectivity index (χ1n) is 8.76. The average Bonchev–Trinajstić information content (AvgIpc) is 3.10. The van der Waals surface area contributed by atoms with E-state index in [0.29, 0.717) is 23.4 Å². The molecule has 4 nitrogen and oxygen atoms in total. The molecule has 2 aromatic rings. The van der Waals surface area contributed by atoms with E-state index in [0.717, 1.165) is 24.1 Å². The summed E-state index contributed by atoms with van der Waals surface area (Å²) in [5.74, 6) is 1.11. The smallest absolute Gasteiger partial charge is 0.251 e. The molecule has 0 radical (unpaired) electrons. The van der Waals surface area contributed by atoms with Crippen LogP contribution in [0, 0.1) is 11.8 Å². The van der Waals surface area contributed by atoms with Gasteiger partial charge < -0.3 is 11.1 Å². The summed E-state index contributed by atoms with van der Waals surface area (Å²) in [6, 6.07) is 8.35. The molecule has 2 unspecified atom stereocenters. The molecule has 24 heavy (non-hydrogen) atoms. The number of carbonyl (C=O) groups excluding carboxylic acids is 1. The van der Waals surface area contributed by atoms with Crippen molar-refractivity contribution in [3.05, 3.63) is 40.7 Å². The molecule has 2 bridgehead atoms. The molecule has 2 atom stereocenters. The molecule has 2 aliphatic rings. The fourth-order valence-electron chi connectivity index (χ4n) is 4.43. The Morgan fingerprint density at radius 3 is 2.75 bits per heavy atom. The fourth-order valence-corrected chi connectivity index (χ4v) is 5.00. The van der Waals surface area contributed by atoms with Crippen molar-refractivity contribution in [1.29, 1.82) is 0 Å². The lowest BCUT2D eigenvalue weighted by Gasteiger charge is -2.45. The maximum Gasteiger partial charge on any atom is 0.251 e. The van der Waals surface area contributed by atoms with Crippen LogP contribution >= 0.6 is 11.3 Å². The molecule has 2 fully saturated rings. The largest absolute Gasteiger partial charge is 0.349 e. The van der Waals surface area contributed by atoms with Gasteiger partial charge in [-0.05, 0) is 49.7 Å². The lowest BCUT2D eigenvalue weighted by molar-refractivity contribution is 0.0756. The van der Waals surface area contributed by atoms with Crippen LogP contribution in [-0.4, -0.2) is 23.0 Å². The highest BCUT2D eigenvalue weighted by molar-refractivity contribution is 7.07. The lowest BCUT2D eigenvalue weighted by atomic mass is 9.67. The van der Waals surface area contributed by atoms with Crippen LogP contribution in [0.3, 0.4) is 0 Å². The Balaban J connectivity index is 1.51. The summed E-state index contributed by atoms with van der Waals surface area (Å²) >= 11 is 1.56. The summed E-state index contributed by atoms with van der Waals surface area (Å²) in [6.07, 6.45) is 5.73. The zero-order valence-corrected chi connectivity index (χ0v) is 14.5. The number of amides is 1. The van der Waals surface area contributed by atoms with E-state index in [4.69, 9.17) is 5.73 Å². The number of nitrogens with zero attached hydrogens (tertiary/aromatic N) is 1. The topological polar surface area (TPSA) is 68.0 Å². The van der Waals surface area contributed by atoms with E-state index in [9.17, 15) is 4.79 Å². The van der Waals surface area contributed by atoms with Crippen LogP contribution in [0.1, 0.15) is 42.5 Å². The molecule has 1 amide bonds. The third-order valence-electron chi connectivity index (χ3n) is 5.53. The Morgan fingerprint density at radius 1 is 1.25 bits per heavy atom. The van der Waals surface area contributed by atoms with Gasteiger partial charge in [-0.25, -0.2) is 4.98 Å². The molecule has 4 rings (SSSR count). The Labute approximate surface area is 146 Å². The van der Waals surface area contributed by atoms with E-state index in [-0.39, 0.29) is 11.9 Å². The highest BCUT2D eigenvalue weighted by Gasteiger charge is 2.39. The average molecular weight is 341 g/mol. The zero-order valence-electron chi connectivity index (χ0n) is 13.7. The highest BCUT2D eigenvalue weighted by atomic mass is 32.1. The number of rotatable bonds is 3. The molecule has 0 saturated heterocycles. The zero-order chi connectivity index (χ0) is 16.5. The summed E-state index contributed by atoms with van der Waals surface area (Å²) < 4.78 is 0. The molecular formula is C19H23N3OS. The predicted molar refractivity (Wildman–Crippen MR) is 96.8 cm³/mol. The second-order valence-electron chi connectivity index (χ2n) is 7.14. The predicted octanol–water partition coefficient (Wildman–Crippen LogP) is 3.45. The van der Waals surface area contributed by atoms with E-state index in [1.54, 1.807) is 11.3 Å². The van der Waals surface area contributed by atoms with Crippen molar-refractivity contribution in [3.63, 3.8) is 0 Å². The molecule has 1 aromatic heterocycles. The number of nitrogens with one attached hydrogen (secondary N) is 1. The van der Waals surface area contributed by atoms with Gasteiger partial charge in [0.2, 0.25) is 0 Å². The molecule has 3 N–H and O–H groups in total. The van der Waals surface area contributed by atoms with E-state index < -0.39 is 0 Å². The van der Waals surface area contributed by atoms with Crippen molar-refractivity contribution in [2.24, 2.45) is 17.6 Å². The summed E-state index contributed by atoms with van der Waals surface area (Å²) in [7, 11) is 0. The first-order valence-corrected chi connectivity index (χ1v) is 9.70. The van der Waals surface area contributed by atoms with E-state index in [1.807, 2.05) is 35.2 Å². The van der Waals surface area contributed by atoms with Crippen molar-refractivity contribution in [2.75, 3.05) is 0 Å². The maximum atomic E-state index is 12.8. The molecule has 1 heterocycles. The quantitative estimate of drug-likeness (QED) is 0.898. The third-order valence-corrected chi connectivity index (χ3v) is 6.11. The molecule has 126 valence electrons. The lowest BCUT2D eigenvalue weighted by Crippen LogP contribution is -2.53. The van der Waals surface area contributed by atoms with E-state index in [2.05, 4.69) is 10.3 Å². The fraction of sp³-hybridized carbons (Fsp3) is 0.474. The summed E-state index contributed by atoms with van der Waals surface area (Å²) in [4.78, 5) is 17.1.